The minimum absolute atomic E-state index is 0.142. The largest absolute Gasteiger partial charge is 0.397 e. The molecular formula is C15H23N3O. The standard InChI is InChI=1S/C15H23N3O/c1-2-4-11-6-8-12(9-7-11)18-15(19)14-13(16)5-3-10-17-14/h3,5,10-12H,2,4,6-9,16H2,1H3,(H,18,19). The Balaban J connectivity index is 1.86. The fraction of sp³-hybridized carbons (Fsp3) is 0.600. The lowest BCUT2D eigenvalue weighted by Gasteiger charge is -2.28. The molecule has 0 aliphatic heterocycles. The maximum Gasteiger partial charge on any atom is 0.272 e. The van der Waals surface area contributed by atoms with Crippen LogP contribution in [0, 0.1) is 5.92 Å². The van der Waals surface area contributed by atoms with Crippen LogP contribution < -0.4 is 11.1 Å². The highest BCUT2D eigenvalue weighted by Crippen LogP contribution is 2.27. The normalized spacial score (nSPS) is 23.0. The Bertz CT molecular complexity index is 425. The number of hydrogen-bond acceptors (Lipinski definition) is 3. The van der Waals surface area contributed by atoms with Crippen LogP contribution in [0.15, 0.2) is 18.3 Å². The third-order valence-corrected chi connectivity index (χ3v) is 3.93. The van der Waals surface area contributed by atoms with Gasteiger partial charge in [-0.1, -0.05) is 19.8 Å². The maximum absolute atomic E-state index is 12.1. The van der Waals surface area contributed by atoms with Crippen molar-refractivity contribution in [3.63, 3.8) is 0 Å². The second-order valence-electron chi connectivity index (χ2n) is 5.42. The van der Waals surface area contributed by atoms with E-state index in [1.54, 1.807) is 18.3 Å². The van der Waals surface area contributed by atoms with Crippen molar-refractivity contribution in [2.45, 2.75) is 51.5 Å². The van der Waals surface area contributed by atoms with E-state index in [9.17, 15) is 4.79 Å². The molecule has 1 aromatic rings. The number of nitrogens with two attached hydrogens (primary N) is 1. The number of hydrogen-bond donors (Lipinski definition) is 2. The zero-order chi connectivity index (χ0) is 13.7. The van der Waals surface area contributed by atoms with Gasteiger partial charge >= 0.3 is 0 Å². The molecule has 0 aromatic carbocycles. The zero-order valence-electron chi connectivity index (χ0n) is 11.6. The van der Waals surface area contributed by atoms with Gasteiger partial charge in [0.1, 0.15) is 0 Å². The molecule has 0 saturated heterocycles. The molecular weight excluding hydrogens is 238 g/mol. The van der Waals surface area contributed by atoms with Crippen molar-refractivity contribution in [3.8, 4) is 0 Å². The Hall–Kier alpha value is -1.58. The molecule has 0 bridgehead atoms. The minimum atomic E-state index is -0.142. The number of nitrogens with one attached hydrogen (secondary N) is 1. The van der Waals surface area contributed by atoms with Gasteiger partial charge in [0.25, 0.3) is 5.91 Å². The average Bonchev–Trinajstić information content (AvgIpc) is 2.42. The van der Waals surface area contributed by atoms with E-state index in [2.05, 4.69) is 17.2 Å². The van der Waals surface area contributed by atoms with Crippen LogP contribution in [-0.4, -0.2) is 16.9 Å². The molecule has 19 heavy (non-hydrogen) atoms. The van der Waals surface area contributed by atoms with Crippen molar-refractivity contribution in [1.29, 1.82) is 0 Å². The first-order valence-electron chi connectivity index (χ1n) is 7.22. The Morgan fingerprint density at radius 1 is 1.42 bits per heavy atom. The molecule has 1 amide bonds. The molecule has 4 nitrogen and oxygen atoms in total. The van der Waals surface area contributed by atoms with Crippen LogP contribution in [0.2, 0.25) is 0 Å². The zero-order valence-corrected chi connectivity index (χ0v) is 11.6. The van der Waals surface area contributed by atoms with Gasteiger partial charge in [-0.25, -0.2) is 4.98 Å². The first kappa shape index (κ1) is 13.8. The molecule has 0 radical (unpaired) electrons. The van der Waals surface area contributed by atoms with Crippen molar-refractivity contribution in [2.75, 3.05) is 5.73 Å². The molecule has 2 rings (SSSR count). The number of carbonyl (C=O) groups excluding carboxylic acids is 1. The van der Waals surface area contributed by atoms with E-state index in [0.29, 0.717) is 11.4 Å². The SMILES string of the molecule is CCCC1CCC(NC(=O)c2ncccc2N)CC1. The quantitative estimate of drug-likeness (QED) is 0.875. The first-order chi connectivity index (χ1) is 9.20. The van der Waals surface area contributed by atoms with Crippen LogP contribution >= 0.6 is 0 Å². The number of anilines is 1. The number of pyridine rings is 1. The van der Waals surface area contributed by atoms with E-state index in [-0.39, 0.29) is 11.9 Å². The Kier molecular flexibility index (Phi) is 4.77. The summed E-state index contributed by atoms with van der Waals surface area (Å²) in [5, 5.41) is 3.06. The van der Waals surface area contributed by atoms with Gasteiger partial charge in [-0.05, 0) is 43.7 Å². The van der Waals surface area contributed by atoms with Gasteiger partial charge in [0, 0.05) is 12.2 Å². The summed E-state index contributed by atoms with van der Waals surface area (Å²) in [6, 6.07) is 3.73. The van der Waals surface area contributed by atoms with E-state index >= 15 is 0 Å². The molecule has 1 heterocycles. The van der Waals surface area contributed by atoms with E-state index < -0.39 is 0 Å². The predicted octanol–water partition coefficient (Wildman–Crippen LogP) is 2.75. The molecule has 1 saturated carbocycles. The topological polar surface area (TPSA) is 68.0 Å². The number of carbonyl (C=O) groups is 1. The molecule has 0 spiro atoms. The third-order valence-electron chi connectivity index (χ3n) is 3.93. The summed E-state index contributed by atoms with van der Waals surface area (Å²) in [4.78, 5) is 16.1. The van der Waals surface area contributed by atoms with E-state index in [0.717, 1.165) is 18.8 Å². The van der Waals surface area contributed by atoms with Gasteiger partial charge in [-0.3, -0.25) is 4.79 Å². The predicted molar refractivity (Wildman–Crippen MR) is 76.8 cm³/mol. The van der Waals surface area contributed by atoms with Gasteiger partial charge in [0.05, 0.1) is 5.69 Å². The summed E-state index contributed by atoms with van der Waals surface area (Å²) < 4.78 is 0. The average molecular weight is 261 g/mol. The Labute approximate surface area is 114 Å². The highest BCUT2D eigenvalue weighted by molar-refractivity contribution is 5.97. The fourth-order valence-corrected chi connectivity index (χ4v) is 2.86. The highest BCUT2D eigenvalue weighted by Gasteiger charge is 2.23. The summed E-state index contributed by atoms with van der Waals surface area (Å²) >= 11 is 0. The molecule has 104 valence electrons. The van der Waals surface area contributed by atoms with Gasteiger partial charge in [0.15, 0.2) is 5.69 Å². The Morgan fingerprint density at radius 3 is 2.79 bits per heavy atom. The van der Waals surface area contributed by atoms with Crippen LogP contribution in [0.4, 0.5) is 5.69 Å². The second kappa shape index (κ2) is 6.55. The van der Waals surface area contributed by atoms with Crippen molar-refractivity contribution < 1.29 is 4.79 Å². The number of amides is 1. The molecule has 1 aliphatic rings. The summed E-state index contributed by atoms with van der Waals surface area (Å²) in [5.74, 6) is 0.704. The molecule has 1 fully saturated rings. The number of aromatic nitrogens is 1. The van der Waals surface area contributed by atoms with Gasteiger partial charge in [-0.15, -0.1) is 0 Å². The second-order valence-corrected chi connectivity index (χ2v) is 5.42. The van der Waals surface area contributed by atoms with Crippen LogP contribution in [0.5, 0.6) is 0 Å². The minimum Gasteiger partial charge on any atom is -0.397 e. The van der Waals surface area contributed by atoms with Crippen LogP contribution in [0.3, 0.4) is 0 Å². The fourth-order valence-electron chi connectivity index (χ4n) is 2.86. The smallest absolute Gasteiger partial charge is 0.272 e. The lowest BCUT2D eigenvalue weighted by molar-refractivity contribution is 0.0917. The number of nitrogen functional groups attached to an aromatic ring is 1. The van der Waals surface area contributed by atoms with E-state index in [1.165, 1.54) is 25.7 Å². The van der Waals surface area contributed by atoms with Gasteiger partial charge in [-0.2, -0.15) is 0 Å². The van der Waals surface area contributed by atoms with Crippen LogP contribution in [0.1, 0.15) is 55.9 Å². The monoisotopic (exact) mass is 261 g/mol. The molecule has 1 aliphatic carbocycles. The molecule has 4 heteroatoms. The van der Waals surface area contributed by atoms with Crippen molar-refractivity contribution in [2.24, 2.45) is 5.92 Å². The maximum atomic E-state index is 12.1. The van der Waals surface area contributed by atoms with E-state index in [1.807, 2.05) is 0 Å². The first-order valence-corrected chi connectivity index (χ1v) is 7.22. The van der Waals surface area contributed by atoms with Gasteiger partial charge < -0.3 is 11.1 Å². The number of rotatable bonds is 4. The molecule has 3 N–H and O–H groups in total. The summed E-state index contributed by atoms with van der Waals surface area (Å²) in [7, 11) is 0. The molecule has 0 unspecified atom stereocenters. The molecule has 0 atom stereocenters. The third kappa shape index (κ3) is 3.69. The lowest BCUT2D eigenvalue weighted by atomic mass is 9.83. The van der Waals surface area contributed by atoms with Gasteiger partial charge in [0.2, 0.25) is 0 Å². The lowest BCUT2D eigenvalue weighted by Crippen LogP contribution is -2.38. The van der Waals surface area contributed by atoms with Crippen molar-refractivity contribution >= 4 is 11.6 Å². The summed E-state index contributed by atoms with van der Waals surface area (Å²) in [6.45, 7) is 2.23. The van der Waals surface area contributed by atoms with Crippen molar-refractivity contribution in [3.05, 3.63) is 24.0 Å². The van der Waals surface area contributed by atoms with Crippen molar-refractivity contribution in [1.82, 2.24) is 10.3 Å². The summed E-state index contributed by atoms with van der Waals surface area (Å²) in [5.41, 5.74) is 6.55. The molecule has 1 aromatic heterocycles. The van der Waals surface area contributed by atoms with Crippen LogP contribution in [0.25, 0.3) is 0 Å². The summed E-state index contributed by atoms with van der Waals surface area (Å²) in [6.07, 6.45) is 8.75. The Morgan fingerprint density at radius 2 is 2.16 bits per heavy atom. The van der Waals surface area contributed by atoms with Crippen LogP contribution in [-0.2, 0) is 0 Å². The van der Waals surface area contributed by atoms with E-state index in [4.69, 9.17) is 5.73 Å². The number of nitrogens with zero attached hydrogens (tertiary/aromatic N) is 1. The highest BCUT2D eigenvalue weighted by atomic mass is 16.1.